The normalized spacial score (nSPS) is 26.3. The number of nitrogens with one attached hydrogen (secondary N) is 2. The van der Waals surface area contributed by atoms with E-state index in [2.05, 4.69) is 30.0 Å². The van der Waals surface area contributed by atoms with Crippen LogP contribution in [0.2, 0.25) is 0 Å². The van der Waals surface area contributed by atoms with E-state index in [1.54, 1.807) is 0 Å². The van der Waals surface area contributed by atoms with Crippen LogP contribution >= 0.6 is 7.82 Å². The summed E-state index contributed by atoms with van der Waals surface area (Å²) in [5, 5.41) is 4.48. The quantitative estimate of drug-likeness (QED) is 0.108. The predicted octanol–water partition coefficient (Wildman–Crippen LogP) is -0.599. The first-order valence-electron chi connectivity index (χ1n) is 12.5. The molecule has 1 unspecified atom stereocenters. The van der Waals surface area contributed by atoms with Gasteiger partial charge in [0.2, 0.25) is 0 Å². The Balaban J connectivity index is 1.11. The van der Waals surface area contributed by atoms with Crippen LogP contribution in [-0.2, 0) is 33.4 Å². The highest BCUT2D eigenvalue weighted by Crippen LogP contribution is 2.49. The Labute approximate surface area is 235 Å². The fourth-order valence-electron chi connectivity index (χ4n) is 4.89. The maximum atomic E-state index is 12.9. The van der Waals surface area contributed by atoms with Crippen molar-refractivity contribution in [2.75, 3.05) is 18.9 Å². The third-order valence-electron chi connectivity index (χ3n) is 6.79. The second-order valence-electron chi connectivity index (χ2n) is 9.53. The molecule has 22 heteroatoms. The fourth-order valence-corrected chi connectivity index (χ4v) is 6.24. The molecule has 4 aromatic heterocycles. The van der Waals surface area contributed by atoms with E-state index >= 15 is 0 Å². The van der Waals surface area contributed by atoms with Gasteiger partial charge in [-0.15, -0.1) is 0 Å². The number of phosphoric ester groups is 1. The summed E-state index contributed by atoms with van der Waals surface area (Å²) in [4.78, 5) is 41.2. The van der Waals surface area contributed by atoms with E-state index in [4.69, 9.17) is 28.8 Å². The standard InChI is InChI=1S/C20H25N10O10PS/c21-17-16-19(24-7-22-17)29(9-26-16)15-3-12(13(39-15)5-28-42(34,35)36)40-41(32,33)37-6-10-1-2-14(38-10)30-18-11(4-27-30)20(31)25-8-23-18/h4,7-10,12-15,28H,1-3,5-6H2,(H,32,33)(H2,21,22,24)(H,23,25,31)(H,34,35,36)/t10-,12-,13+,14+,15+/m0/s1. The lowest BCUT2D eigenvalue weighted by molar-refractivity contribution is -0.0348. The number of ether oxygens (including phenoxy) is 2. The summed E-state index contributed by atoms with van der Waals surface area (Å²) in [5.74, 6) is 0.129. The number of anilines is 1. The number of hydrogen-bond donors (Lipinski definition) is 5. The first-order valence-corrected chi connectivity index (χ1v) is 15.4. The van der Waals surface area contributed by atoms with Crippen LogP contribution in [0.25, 0.3) is 22.2 Å². The van der Waals surface area contributed by atoms with Crippen LogP contribution in [-0.4, -0.2) is 88.6 Å². The molecule has 0 saturated carbocycles. The SMILES string of the molecule is Nc1ncnc2c1ncn2[C@H]1C[C@H](OP(=O)(O)OC[C@@H]2CC[C@H](n3ncc4c(=O)[nH]cnc43)O2)[C@@H](CNS(=O)(=O)O)O1. The van der Waals surface area contributed by atoms with Crippen molar-refractivity contribution < 1.29 is 41.0 Å². The van der Waals surface area contributed by atoms with Crippen molar-refractivity contribution in [3.05, 3.63) is 35.5 Å². The second-order valence-corrected chi connectivity index (χ2v) is 12.2. The number of nitrogens with zero attached hydrogens (tertiary/aromatic N) is 7. The van der Waals surface area contributed by atoms with Crippen LogP contribution in [0.5, 0.6) is 0 Å². The minimum absolute atomic E-state index is 0.0401. The van der Waals surface area contributed by atoms with E-state index in [1.807, 2.05) is 4.72 Å². The van der Waals surface area contributed by atoms with Gasteiger partial charge in [-0.05, 0) is 12.8 Å². The first kappa shape index (κ1) is 28.7. The molecule has 42 heavy (non-hydrogen) atoms. The molecule has 20 nitrogen and oxygen atoms in total. The van der Waals surface area contributed by atoms with E-state index in [9.17, 15) is 22.7 Å². The van der Waals surface area contributed by atoms with Gasteiger partial charge in [0.05, 0.1) is 31.6 Å². The molecule has 0 bridgehead atoms. The Morgan fingerprint density at radius 1 is 1.19 bits per heavy atom. The van der Waals surface area contributed by atoms with Crippen LogP contribution in [0.4, 0.5) is 5.82 Å². The maximum absolute atomic E-state index is 12.9. The van der Waals surface area contributed by atoms with Crippen LogP contribution in [0, 0.1) is 0 Å². The minimum Gasteiger partial charge on any atom is -0.382 e. The molecule has 0 aromatic carbocycles. The van der Waals surface area contributed by atoms with E-state index in [-0.39, 0.29) is 24.4 Å². The summed E-state index contributed by atoms with van der Waals surface area (Å²) in [7, 11) is -9.33. The zero-order chi connectivity index (χ0) is 29.6. The zero-order valence-corrected chi connectivity index (χ0v) is 23.2. The highest BCUT2D eigenvalue weighted by Gasteiger charge is 2.43. The van der Waals surface area contributed by atoms with E-state index in [1.165, 1.54) is 34.4 Å². The van der Waals surface area contributed by atoms with Crippen LogP contribution < -0.4 is 16.0 Å². The Kier molecular flexibility index (Phi) is 7.53. The van der Waals surface area contributed by atoms with Gasteiger partial charge in [-0.2, -0.15) is 18.2 Å². The third-order valence-corrected chi connectivity index (χ3v) is 8.34. The predicted molar refractivity (Wildman–Crippen MR) is 140 cm³/mol. The molecule has 2 aliphatic rings. The van der Waals surface area contributed by atoms with Gasteiger partial charge in [-0.25, -0.2) is 29.2 Å². The Morgan fingerprint density at radius 3 is 2.83 bits per heavy atom. The van der Waals surface area contributed by atoms with Gasteiger partial charge < -0.3 is 25.1 Å². The number of fused-ring (bicyclic) bond motifs is 2. The number of imidazole rings is 1. The number of nitrogen functional groups attached to an aromatic ring is 1. The summed E-state index contributed by atoms with van der Waals surface area (Å²) >= 11 is 0. The summed E-state index contributed by atoms with van der Waals surface area (Å²) < 4.78 is 71.9. The van der Waals surface area contributed by atoms with E-state index < -0.39 is 55.4 Å². The third kappa shape index (κ3) is 5.91. The Bertz CT molecular complexity index is 1830. The molecule has 0 spiro atoms. The lowest BCUT2D eigenvalue weighted by atomic mass is 10.2. The number of hydrogen-bond acceptors (Lipinski definition) is 14. The number of nitrogens with two attached hydrogens (primary N) is 1. The van der Waals surface area contributed by atoms with Crippen LogP contribution in [0.3, 0.4) is 0 Å². The van der Waals surface area contributed by atoms with Gasteiger partial charge in [-0.3, -0.25) is 23.0 Å². The van der Waals surface area contributed by atoms with Crippen molar-refractivity contribution in [3.8, 4) is 0 Å². The average Bonchev–Trinajstić information content (AvgIpc) is 3.71. The van der Waals surface area contributed by atoms with Crippen molar-refractivity contribution in [2.24, 2.45) is 0 Å². The molecular formula is C20H25N10O10PS. The summed E-state index contributed by atoms with van der Waals surface area (Å²) in [6, 6.07) is 0. The summed E-state index contributed by atoms with van der Waals surface area (Å²) in [5.41, 5.74) is 6.45. The van der Waals surface area contributed by atoms with Crippen molar-refractivity contribution in [1.82, 2.24) is 44.0 Å². The minimum atomic E-state index is -4.73. The molecule has 2 saturated heterocycles. The fraction of sp³-hybridized carbons (Fsp3) is 0.500. The van der Waals surface area contributed by atoms with E-state index in [0.717, 1.165) is 0 Å². The van der Waals surface area contributed by atoms with Crippen LogP contribution in [0.1, 0.15) is 31.7 Å². The van der Waals surface area contributed by atoms with Gasteiger partial charge >= 0.3 is 18.1 Å². The molecule has 2 aliphatic heterocycles. The van der Waals surface area contributed by atoms with Gasteiger partial charge in [0.1, 0.15) is 35.7 Å². The molecular weight excluding hydrogens is 603 g/mol. The average molecular weight is 629 g/mol. The number of H-pyrrole nitrogens is 1. The molecule has 6 N–H and O–H groups in total. The van der Waals surface area contributed by atoms with Crippen molar-refractivity contribution in [2.45, 2.75) is 50.0 Å². The first-order chi connectivity index (χ1) is 20.0. The lowest BCUT2D eigenvalue weighted by Crippen LogP contribution is -2.37. The lowest BCUT2D eigenvalue weighted by Gasteiger charge is -2.22. The summed E-state index contributed by atoms with van der Waals surface area (Å²) in [6.45, 7) is -0.795. The van der Waals surface area contributed by atoms with Gasteiger partial charge in [-0.1, -0.05) is 0 Å². The van der Waals surface area contributed by atoms with Crippen molar-refractivity contribution in [3.63, 3.8) is 0 Å². The largest absolute Gasteiger partial charge is 0.472 e. The van der Waals surface area contributed by atoms with Gasteiger partial charge in [0, 0.05) is 13.0 Å². The Hall–Kier alpha value is -3.40. The zero-order valence-electron chi connectivity index (χ0n) is 21.5. The molecule has 6 heterocycles. The number of phosphoric acid groups is 1. The number of aromatic nitrogens is 8. The van der Waals surface area contributed by atoms with Crippen molar-refractivity contribution >= 4 is 46.1 Å². The molecule has 0 radical (unpaired) electrons. The monoisotopic (exact) mass is 628 g/mol. The number of rotatable bonds is 10. The molecule has 4 aromatic rings. The highest BCUT2D eigenvalue weighted by molar-refractivity contribution is 7.83. The van der Waals surface area contributed by atoms with Crippen molar-refractivity contribution in [1.29, 1.82) is 0 Å². The topological polar surface area (TPSA) is 274 Å². The molecule has 6 rings (SSSR count). The summed E-state index contributed by atoms with van der Waals surface area (Å²) in [6.07, 6.45) is 1.82. The molecule has 0 aliphatic carbocycles. The van der Waals surface area contributed by atoms with Gasteiger partial charge in [0.25, 0.3) is 5.56 Å². The molecule has 226 valence electrons. The highest BCUT2D eigenvalue weighted by atomic mass is 32.2. The van der Waals surface area contributed by atoms with Gasteiger partial charge in [0.15, 0.2) is 23.3 Å². The smallest absolute Gasteiger partial charge is 0.382 e. The number of aromatic amines is 1. The molecule has 0 amide bonds. The Morgan fingerprint density at radius 2 is 2.02 bits per heavy atom. The maximum Gasteiger partial charge on any atom is 0.472 e. The molecule has 2 fully saturated rings. The van der Waals surface area contributed by atoms with E-state index in [0.29, 0.717) is 35.0 Å². The second kappa shape index (κ2) is 11.0. The van der Waals surface area contributed by atoms with Crippen LogP contribution in [0.15, 0.2) is 30.0 Å². The molecule has 6 atom stereocenters.